The van der Waals surface area contributed by atoms with E-state index in [0.717, 1.165) is 0 Å². The van der Waals surface area contributed by atoms with Crippen LogP contribution in [0, 0.1) is 5.82 Å². The van der Waals surface area contributed by atoms with E-state index in [4.69, 9.17) is 11.6 Å². The molecular formula is C16H13ClFN3O2. The molecule has 0 spiro atoms. The molecule has 5 nitrogen and oxygen atoms in total. The van der Waals surface area contributed by atoms with Gasteiger partial charge in [0.1, 0.15) is 5.82 Å². The zero-order chi connectivity index (χ0) is 16.7. The van der Waals surface area contributed by atoms with Crippen LogP contribution < -0.4 is 10.7 Å². The number of amides is 2. The van der Waals surface area contributed by atoms with Crippen molar-refractivity contribution in [1.82, 2.24) is 10.7 Å². The minimum Gasteiger partial charge on any atom is -0.343 e. The third-order valence-corrected chi connectivity index (χ3v) is 3.00. The molecule has 0 atom stereocenters. The summed E-state index contributed by atoms with van der Waals surface area (Å²) >= 11 is 5.79. The fraction of sp³-hybridized carbons (Fsp3) is 0.0625. The molecule has 0 aliphatic heterocycles. The lowest BCUT2D eigenvalue weighted by Crippen LogP contribution is -2.34. The molecule has 0 saturated heterocycles. The van der Waals surface area contributed by atoms with E-state index in [1.165, 1.54) is 36.5 Å². The fourth-order valence-electron chi connectivity index (χ4n) is 1.66. The Morgan fingerprint density at radius 2 is 1.91 bits per heavy atom. The Labute approximate surface area is 137 Å². The molecule has 0 aliphatic carbocycles. The summed E-state index contributed by atoms with van der Waals surface area (Å²) in [4.78, 5) is 23.4. The first-order valence-corrected chi connectivity index (χ1v) is 7.03. The maximum absolute atomic E-state index is 12.7. The van der Waals surface area contributed by atoms with Gasteiger partial charge in [0, 0.05) is 10.6 Å². The van der Waals surface area contributed by atoms with Crippen molar-refractivity contribution < 1.29 is 14.0 Å². The van der Waals surface area contributed by atoms with E-state index >= 15 is 0 Å². The highest BCUT2D eigenvalue weighted by Gasteiger charge is 2.07. The molecule has 118 valence electrons. The Hall–Kier alpha value is -2.73. The maximum atomic E-state index is 12.7. The van der Waals surface area contributed by atoms with Crippen LogP contribution in [0.25, 0.3) is 0 Å². The van der Waals surface area contributed by atoms with E-state index in [0.29, 0.717) is 16.1 Å². The van der Waals surface area contributed by atoms with Crippen molar-refractivity contribution in [1.29, 1.82) is 0 Å². The van der Waals surface area contributed by atoms with Gasteiger partial charge in [-0.15, -0.1) is 0 Å². The van der Waals surface area contributed by atoms with Crippen molar-refractivity contribution in [2.24, 2.45) is 5.10 Å². The van der Waals surface area contributed by atoms with Crippen LogP contribution in [0.1, 0.15) is 15.9 Å². The molecule has 0 bridgehead atoms. The van der Waals surface area contributed by atoms with Crippen molar-refractivity contribution in [3.05, 3.63) is 70.5 Å². The monoisotopic (exact) mass is 333 g/mol. The first-order valence-electron chi connectivity index (χ1n) is 6.66. The normalized spacial score (nSPS) is 10.5. The van der Waals surface area contributed by atoms with E-state index in [1.54, 1.807) is 18.2 Å². The second kappa shape index (κ2) is 8.05. The maximum Gasteiger partial charge on any atom is 0.259 e. The highest BCUT2D eigenvalue weighted by molar-refractivity contribution is 6.30. The number of carbonyl (C=O) groups is 2. The molecule has 2 N–H and O–H groups in total. The van der Waals surface area contributed by atoms with Crippen molar-refractivity contribution in [3.8, 4) is 0 Å². The van der Waals surface area contributed by atoms with Crippen molar-refractivity contribution in [3.63, 3.8) is 0 Å². The van der Waals surface area contributed by atoms with Gasteiger partial charge in [-0.25, -0.2) is 9.82 Å². The Morgan fingerprint density at radius 3 is 2.61 bits per heavy atom. The Morgan fingerprint density at radius 1 is 1.17 bits per heavy atom. The predicted molar refractivity (Wildman–Crippen MR) is 85.9 cm³/mol. The summed E-state index contributed by atoms with van der Waals surface area (Å²) in [5.74, 6) is -1.25. The second-order valence-corrected chi connectivity index (χ2v) is 4.97. The van der Waals surface area contributed by atoms with Crippen molar-refractivity contribution in [2.45, 2.75) is 0 Å². The summed E-state index contributed by atoms with van der Waals surface area (Å²) in [6.07, 6.45) is 1.37. The van der Waals surface area contributed by atoms with Gasteiger partial charge in [0.25, 0.3) is 11.8 Å². The molecule has 2 amide bonds. The first-order chi connectivity index (χ1) is 11.0. The number of hydrogen-bond donors (Lipinski definition) is 2. The average Bonchev–Trinajstić information content (AvgIpc) is 2.54. The molecule has 7 heteroatoms. The summed E-state index contributed by atoms with van der Waals surface area (Å²) in [6.45, 7) is -0.230. The van der Waals surface area contributed by atoms with Gasteiger partial charge in [0.2, 0.25) is 0 Å². The van der Waals surface area contributed by atoms with Crippen LogP contribution in [0.2, 0.25) is 5.02 Å². The zero-order valence-electron chi connectivity index (χ0n) is 11.9. The molecule has 0 heterocycles. The lowest BCUT2D eigenvalue weighted by atomic mass is 10.2. The minimum absolute atomic E-state index is 0.230. The number of halogens is 2. The first kappa shape index (κ1) is 16.6. The fourth-order valence-corrected chi connectivity index (χ4v) is 1.85. The molecule has 2 aromatic carbocycles. The third-order valence-electron chi connectivity index (χ3n) is 2.77. The molecule has 0 aliphatic rings. The second-order valence-electron chi connectivity index (χ2n) is 4.54. The number of carbonyl (C=O) groups excluding carboxylic acids is 2. The van der Waals surface area contributed by atoms with Crippen LogP contribution >= 0.6 is 11.6 Å². The van der Waals surface area contributed by atoms with Gasteiger partial charge in [0.05, 0.1) is 12.8 Å². The molecule has 0 unspecified atom stereocenters. The number of benzene rings is 2. The Balaban J connectivity index is 1.78. The minimum atomic E-state index is -0.487. The van der Waals surface area contributed by atoms with Crippen LogP contribution in [0.4, 0.5) is 4.39 Å². The van der Waals surface area contributed by atoms with Gasteiger partial charge in [-0.2, -0.15) is 5.10 Å². The summed E-state index contributed by atoms with van der Waals surface area (Å²) in [6, 6.07) is 12.0. The highest BCUT2D eigenvalue weighted by Crippen LogP contribution is 2.10. The molecular weight excluding hydrogens is 321 g/mol. The number of nitrogens with one attached hydrogen (secondary N) is 2. The van der Waals surface area contributed by atoms with Gasteiger partial charge in [-0.05, 0) is 35.9 Å². The quantitative estimate of drug-likeness (QED) is 0.651. The van der Waals surface area contributed by atoms with Crippen LogP contribution in [0.5, 0.6) is 0 Å². The van der Waals surface area contributed by atoms with E-state index in [2.05, 4.69) is 15.8 Å². The molecule has 2 rings (SSSR count). The molecule has 0 saturated carbocycles. The predicted octanol–water partition coefficient (Wildman–Crippen LogP) is 2.36. The summed E-state index contributed by atoms with van der Waals surface area (Å²) in [5.41, 5.74) is 3.26. The number of hydrazone groups is 1. The van der Waals surface area contributed by atoms with Gasteiger partial charge in [0.15, 0.2) is 0 Å². The highest BCUT2D eigenvalue weighted by atomic mass is 35.5. The van der Waals surface area contributed by atoms with Crippen LogP contribution in [-0.4, -0.2) is 24.6 Å². The van der Waals surface area contributed by atoms with E-state index in [9.17, 15) is 14.0 Å². The van der Waals surface area contributed by atoms with Crippen LogP contribution in [0.15, 0.2) is 53.6 Å². The number of nitrogens with zero attached hydrogens (tertiary/aromatic N) is 1. The van der Waals surface area contributed by atoms with E-state index in [1.807, 2.05) is 0 Å². The molecule has 0 fully saturated rings. The SMILES string of the molecule is O=C(CNC(=O)c1cccc(Cl)c1)N/N=C\c1ccc(F)cc1. The van der Waals surface area contributed by atoms with Crippen LogP contribution in [-0.2, 0) is 4.79 Å². The van der Waals surface area contributed by atoms with E-state index in [-0.39, 0.29) is 12.4 Å². The van der Waals surface area contributed by atoms with Crippen LogP contribution in [0.3, 0.4) is 0 Å². The van der Waals surface area contributed by atoms with Gasteiger partial charge in [-0.3, -0.25) is 9.59 Å². The average molecular weight is 334 g/mol. The largest absolute Gasteiger partial charge is 0.343 e. The molecule has 2 aromatic rings. The molecule has 0 radical (unpaired) electrons. The zero-order valence-corrected chi connectivity index (χ0v) is 12.7. The Kier molecular flexibility index (Phi) is 5.82. The summed E-state index contributed by atoms with van der Waals surface area (Å²) in [7, 11) is 0. The smallest absolute Gasteiger partial charge is 0.259 e. The molecule has 0 aromatic heterocycles. The van der Waals surface area contributed by atoms with Crippen molar-refractivity contribution >= 4 is 29.6 Å². The van der Waals surface area contributed by atoms with E-state index < -0.39 is 11.8 Å². The van der Waals surface area contributed by atoms with Gasteiger partial charge >= 0.3 is 0 Å². The molecule has 23 heavy (non-hydrogen) atoms. The lowest BCUT2D eigenvalue weighted by molar-refractivity contribution is -0.120. The Bertz CT molecular complexity index is 732. The van der Waals surface area contributed by atoms with Gasteiger partial charge < -0.3 is 5.32 Å². The third kappa shape index (κ3) is 5.52. The topological polar surface area (TPSA) is 70.6 Å². The standard InChI is InChI=1S/C16H13ClFN3O2/c17-13-3-1-2-12(8-13)16(23)19-10-15(22)21-20-9-11-4-6-14(18)7-5-11/h1-9H,10H2,(H,19,23)(H,21,22)/b20-9-. The van der Waals surface area contributed by atoms with Crippen molar-refractivity contribution in [2.75, 3.05) is 6.54 Å². The van der Waals surface area contributed by atoms with Gasteiger partial charge in [-0.1, -0.05) is 29.8 Å². The summed E-state index contributed by atoms with van der Waals surface area (Å²) in [5, 5.41) is 6.60. The lowest BCUT2D eigenvalue weighted by Gasteiger charge is -2.04. The summed E-state index contributed by atoms with van der Waals surface area (Å²) < 4.78 is 12.7. The number of hydrogen-bond acceptors (Lipinski definition) is 3. The number of rotatable bonds is 5.